The summed E-state index contributed by atoms with van der Waals surface area (Å²) < 4.78 is 18.2. The molecule has 20 nitrogen and oxygen atoms in total. The van der Waals surface area contributed by atoms with Crippen molar-refractivity contribution in [2.24, 2.45) is 0 Å². The number of carbonyl (C=O) groups excluding carboxylic acids is 4. The van der Waals surface area contributed by atoms with Crippen LogP contribution in [0.15, 0.2) is 125 Å². The van der Waals surface area contributed by atoms with Crippen LogP contribution >= 0.6 is 33.6 Å². The number of carbonyl (C=O) groups is 4. The van der Waals surface area contributed by atoms with Crippen LogP contribution in [0.1, 0.15) is 89.5 Å². The van der Waals surface area contributed by atoms with Gasteiger partial charge >= 0.3 is 0 Å². The molecule has 436 valence electrons. The molecule has 0 spiro atoms. The fraction of sp³-hybridized carbons (Fsp3) is 0.424. The molecule has 1 fully saturated rings. The number of nitro benzene ring substituents is 1. The molecule has 0 radical (unpaired) electrons. The highest BCUT2D eigenvalue weighted by Crippen LogP contribution is 2.50. The number of hydrogen-bond donors (Lipinski definition) is 5. The van der Waals surface area contributed by atoms with Crippen molar-refractivity contribution in [3.63, 3.8) is 0 Å². The first-order chi connectivity index (χ1) is 39.4. The second-order valence-electron chi connectivity index (χ2n) is 21.3. The van der Waals surface area contributed by atoms with Gasteiger partial charge in [0.1, 0.15) is 30.8 Å². The molecule has 8 rings (SSSR count). The number of nitrogens with one attached hydrogen (secondary N) is 4. The first-order valence-electron chi connectivity index (χ1n) is 27.3. The highest BCUT2D eigenvalue weighted by Gasteiger charge is 2.49. The van der Waals surface area contributed by atoms with Crippen LogP contribution in [-0.4, -0.2) is 131 Å². The van der Waals surface area contributed by atoms with Gasteiger partial charge in [-0.1, -0.05) is 72.1 Å². The predicted molar refractivity (Wildman–Crippen MR) is 319 cm³/mol. The van der Waals surface area contributed by atoms with E-state index in [0.29, 0.717) is 79.0 Å². The summed E-state index contributed by atoms with van der Waals surface area (Å²) in [5.74, 6) is -0.180. The number of nitrogens with zero attached hydrogens (tertiary/aromatic N) is 5. The molecule has 1 saturated heterocycles. The Bertz CT molecular complexity index is 3170. The molecule has 3 aliphatic heterocycles. The molecule has 4 aromatic rings. The van der Waals surface area contributed by atoms with E-state index in [1.165, 1.54) is 13.2 Å². The van der Waals surface area contributed by atoms with Crippen molar-refractivity contribution >= 4 is 79.9 Å². The lowest BCUT2D eigenvalue weighted by atomic mass is 9.76. The fourth-order valence-corrected chi connectivity index (χ4v) is 13.4. The molecule has 4 aliphatic rings. The van der Waals surface area contributed by atoms with E-state index in [4.69, 9.17) is 14.7 Å². The number of pyridine rings is 1. The van der Waals surface area contributed by atoms with E-state index in [9.17, 15) is 29.3 Å². The molecule has 3 atom stereocenters. The fourth-order valence-electron chi connectivity index (χ4n) is 11.1. The van der Waals surface area contributed by atoms with Gasteiger partial charge in [0.15, 0.2) is 23.0 Å². The van der Waals surface area contributed by atoms with Gasteiger partial charge in [-0.25, -0.2) is 10.2 Å². The van der Waals surface area contributed by atoms with Gasteiger partial charge in [0.25, 0.3) is 5.69 Å². The molecule has 3 amide bonds. The third-order valence-electron chi connectivity index (χ3n) is 15.4. The molecular formula is C59H72N9O11S3+. The summed E-state index contributed by atoms with van der Waals surface area (Å²) >= 11 is 0.638. The van der Waals surface area contributed by atoms with Gasteiger partial charge in [-0.3, -0.25) is 29.3 Å². The second kappa shape index (κ2) is 27.6. The number of amides is 3. The zero-order chi connectivity index (χ0) is 58.7. The maximum atomic E-state index is 14.7. The molecule has 1 aromatic heterocycles. The first kappa shape index (κ1) is 61.3. The number of ether oxygens (including phenoxy) is 2. The second-order valence-corrected chi connectivity index (χ2v) is 24.5. The normalized spacial score (nSPS) is 18.5. The number of para-hydroxylation sites is 2. The Morgan fingerprint density at radius 1 is 0.963 bits per heavy atom. The quantitative estimate of drug-likeness (QED) is 0.00522. The molecule has 0 saturated carbocycles. The van der Waals surface area contributed by atoms with E-state index in [-0.39, 0.29) is 61.0 Å². The number of aromatic nitrogens is 1. The van der Waals surface area contributed by atoms with Gasteiger partial charge < -0.3 is 40.5 Å². The summed E-state index contributed by atoms with van der Waals surface area (Å²) in [6.45, 7) is 11.9. The Morgan fingerprint density at radius 2 is 1.72 bits per heavy atom. The number of rotatable bonds is 28. The molecule has 0 bridgehead atoms. The molecule has 2 unspecified atom stereocenters. The highest BCUT2D eigenvalue weighted by atomic mass is 33.1. The third kappa shape index (κ3) is 13.7. The minimum atomic E-state index is -1.12. The lowest BCUT2D eigenvalue weighted by Gasteiger charge is -2.37. The Kier molecular flexibility index (Phi) is 20.6. The standard InChI is InChI=1S/C59H71N9O11S3/c1-37(60-28-31-81-82-53-24-14-16-25-62-53)38-32-48(76-8)49(35-47(38)68(73)74)77-30-27-61-52(69)23-13-15-26-63-56(71)43(36-80-79-78-75)64-57(72)46-22-17-29-67(46)54-39(33-50-58(2,3)41-18-9-11-20-44(41)65(50)6)55(70)40(54)34-51-59(4,5)42-19-10-12-21-45(42)66(51)7/h9-12,14,16,18-21,24-25,32-35,37,43,46,60H,13,15,17,22-23,26-31,36H2,1-8H3,(H3-,61,63,64,69,71,72,75)/p+1/t37?,43?,46-/m1/s1. The minimum Gasteiger partial charge on any atom is -0.493 e. The Morgan fingerprint density at radius 3 is 2.44 bits per heavy atom. The molecule has 1 aliphatic carbocycles. The number of methoxy groups -OCH3 is 1. The summed E-state index contributed by atoms with van der Waals surface area (Å²) in [5.41, 5.74) is 7.49. The Labute approximate surface area is 490 Å². The summed E-state index contributed by atoms with van der Waals surface area (Å²) in [6, 6.07) is 22.8. The number of anilines is 1. The smallest absolute Gasteiger partial charge is 0.278 e. The minimum absolute atomic E-state index is 0.0189. The first-order valence-corrected chi connectivity index (χ1v) is 30.5. The number of fused-ring (bicyclic) bond motifs is 2. The van der Waals surface area contributed by atoms with Crippen molar-refractivity contribution < 1.29 is 52.8 Å². The van der Waals surface area contributed by atoms with Crippen LogP contribution in [0.3, 0.4) is 0 Å². The highest BCUT2D eigenvalue weighted by molar-refractivity contribution is 8.76. The van der Waals surface area contributed by atoms with E-state index in [0.717, 1.165) is 44.7 Å². The SMILES string of the molecule is COc1cc(C(C)NCCSSc2ccccn2)c([N+](=O)[O-])cc1OCCNC(=O)CCCCNC(=O)C(CSOOO)NC(=O)[C@H]1CCCN1C1=C(/C=C2/N(C)c3ccccc3C2(C)C)C(=O)/C1=C\C1=[N+](C)c2ccccc2C1(C)C. The van der Waals surface area contributed by atoms with Gasteiger partial charge in [-0.2, -0.15) is 4.58 Å². The number of ketones is 1. The number of unbranched alkanes of at least 4 members (excludes halogenated alkanes) is 1. The summed E-state index contributed by atoms with van der Waals surface area (Å²) in [4.78, 5) is 76.0. The summed E-state index contributed by atoms with van der Waals surface area (Å²) in [7, 11) is 8.66. The van der Waals surface area contributed by atoms with Crippen molar-refractivity contribution in [3.05, 3.63) is 147 Å². The van der Waals surface area contributed by atoms with Crippen LogP contribution < -0.4 is 35.6 Å². The van der Waals surface area contributed by atoms with Crippen LogP contribution in [0.2, 0.25) is 0 Å². The Balaban J connectivity index is 0.858. The zero-order valence-electron chi connectivity index (χ0n) is 47.4. The van der Waals surface area contributed by atoms with Crippen LogP contribution in [0.5, 0.6) is 11.5 Å². The number of likely N-dealkylation sites (tertiary alicyclic amines) is 1. The number of hydrogen-bond acceptors (Lipinski definition) is 18. The van der Waals surface area contributed by atoms with Gasteiger partial charge in [0, 0.05) is 103 Å². The molecule has 4 heterocycles. The van der Waals surface area contributed by atoms with Gasteiger partial charge in [-0.15, -0.1) is 4.33 Å². The molecule has 82 heavy (non-hydrogen) atoms. The molecule has 5 N–H and O–H groups in total. The van der Waals surface area contributed by atoms with Crippen LogP contribution in [0, 0.1) is 10.1 Å². The van der Waals surface area contributed by atoms with Gasteiger partial charge in [-0.05, 0) is 93.2 Å². The zero-order valence-corrected chi connectivity index (χ0v) is 49.9. The summed E-state index contributed by atoms with van der Waals surface area (Å²) in [6.07, 6.45) is 7.82. The number of benzene rings is 3. The molecule has 3 aromatic carbocycles. The van der Waals surface area contributed by atoms with Gasteiger partial charge in [0.05, 0.1) is 52.6 Å². The van der Waals surface area contributed by atoms with E-state index in [1.54, 1.807) is 33.9 Å². The summed E-state index contributed by atoms with van der Waals surface area (Å²) in [5, 5.41) is 37.7. The number of nitro groups is 1. The topological polar surface area (TPSA) is 239 Å². The maximum Gasteiger partial charge on any atom is 0.278 e. The lowest BCUT2D eigenvalue weighted by Crippen LogP contribution is -2.54. The van der Waals surface area contributed by atoms with Crippen molar-refractivity contribution in [2.75, 3.05) is 70.4 Å². The van der Waals surface area contributed by atoms with Gasteiger partial charge in [0.2, 0.25) is 23.4 Å². The monoisotopic (exact) mass is 1180 g/mol. The largest absolute Gasteiger partial charge is 0.493 e. The number of allylic oxidation sites excluding steroid dienone is 5. The van der Waals surface area contributed by atoms with E-state index < -0.39 is 39.7 Å². The third-order valence-corrected chi connectivity index (χ3v) is 18.3. The number of likely N-dealkylation sites (N-methyl/N-ethyl adjacent to an activating group) is 1. The van der Waals surface area contributed by atoms with Crippen molar-refractivity contribution in [3.8, 4) is 11.5 Å². The van der Waals surface area contributed by atoms with E-state index in [1.807, 2.05) is 80.5 Å². The predicted octanol–water partition coefficient (Wildman–Crippen LogP) is 8.67. The van der Waals surface area contributed by atoms with Crippen LogP contribution in [0.25, 0.3) is 0 Å². The average molecular weight is 1180 g/mol. The van der Waals surface area contributed by atoms with E-state index >= 15 is 0 Å². The Hall–Kier alpha value is -6.73. The average Bonchev–Trinajstić information content (AvgIpc) is 2.54. The van der Waals surface area contributed by atoms with E-state index in [2.05, 4.69) is 97.1 Å². The molecule has 23 heteroatoms. The van der Waals surface area contributed by atoms with Crippen molar-refractivity contribution in [1.82, 2.24) is 31.2 Å². The van der Waals surface area contributed by atoms with Crippen molar-refractivity contribution in [1.29, 1.82) is 0 Å². The molecular weight excluding hydrogens is 1110 g/mol. The van der Waals surface area contributed by atoms with Crippen molar-refractivity contribution in [2.45, 2.75) is 101 Å². The lowest BCUT2D eigenvalue weighted by molar-refractivity contribution is -0.432. The van der Waals surface area contributed by atoms with Crippen LogP contribution in [0.4, 0.5) is 17.1 Å². The maximum absolute atomic E-state index is 14.7. The number of Topliss-reactive ketones (excluding diaryl/α,β-unsaturated/α-hetero) is 1. The van der Waals surface area contributed by atoms with Crippen LogP contribution in [-0.2, 0) is 39.4 Å².